The molecule has 0 saturated heterocycles. The molecule has 1 fully saturated rings. The van der Waals surface area contributed by atoms with Crippen molar-refractivity contribution in [3.05, 3.63) is 30.2 Å². The second-order valence-electron chi connectivity index (χ2n) is 4.85. The summed E-state index contributed by atoms with van der Waals surface area (Å²) in [6.45, 7) is 1.48. The van der Waals surface area contributed by atoms with E-state index in [2.05, 4.69) is 15.5 Å². The Morgan fingerprint density at radius 1 is 1.42 bits per heavy atom. The summed E-state index contributed by atoms with van der Waals surface area (Å²) in [4.78, 5) is 15.5. The van der Waals surface area contributed by atoms with Crippen LogP contribution in [0.15, 0.2) is 28.8 Å². The number of carbonyl (C=O) groups excluding carboxylic acids is 1. The molecule has 1 aromatic heterocycles. The molecule has 98 valence electrons. The smallest absolute Gasteiger partial charge is 0.230 e. The maximum Gasteiger partial charge on any atom is 0.230 e. The molecule has 1 saturated carbocycles. The van der Waals surface area contributed by atoms with Crippen molar-refractivity contribution in [2.45, 2.75) is 32.1 Å². The molecule has 5 nitrogen and oxygen atoms in total. The Morgan fingerprint density at radius 2 is 2.26 bits per heavy atom. The van der Waals surface area contributed by atoms with Gasteiger partial charge in [0.15, 0.2) is 0 Å². The van der Waals surface area contributed by atoms with Crippen LogP contribution >= 0.6 is 0 Å². The molecule has 19 heavy (non-hydrogen) atoms. The van der Waals surface area contributed by atoms with Gasteiger partial charge in [0, 0.05) is 24.1 Å². The highest BCUT2D eigenvalue weighted by Crippen LogP contribution is 2.36. The Bertz CT molecular complexity index is 602. The Morgan fingerprint density at radius 3 is 2.95 bits per heavy atom. The van der Waals surface area contributed by atoms with E-state index in [1.54, 1.807) is 0 Å². The number of amides is 1. The molecular formula is C14H15N3O2. The maximum atomic E-state index is 11.0. The lowest BCUT2D eigenvalue weighted by atomic mass is 9.85. The molecule has 0 radical (unpaired) electrons. The predicted octanol–water partition coefficient (Wildman–Crippen LogP) is 2.96. The average molecular weight is 257 g/mol. The van der Waals surface area contributed by atoms with E-state index < -0.39 is 0 Å². The minimum absolute atomic E-state index is 0.0968. The van der Waals surface area contributed by atoms with E-state index in [-0.39, 0.29) is 5.91 Å². The first-order valence-corrected chi connectivity index (χ1v) is 6.44. The fraction of sp³-hybridized carbons (Fsp3) is 0.357. The lowest BCUT2D eigenvalue weighted by Gasteiger charge is -2.20. The first-order chi connectivity index (χ1) is 9.22. The van der Waals surface area contributed by atoms with Gasteiger partial charge in [-0.1, -0.05) is 23.7 Å². The summed E-state index contributed by atoms with van der Waals surface area (Å²) < 4.78 is 5.30. The van der Waals surface area contributed by atoms with Crippen molar-refractivity contribution in [1.82, 2.24) is 10.1 Å². The number of hydrogen-bond donors (Lipinski definition) is 1. The van der Waals surface area contributed by atoms with Crippen molar-refractivity contribution in [3.63, 3.8) is 0 Å². The topological polar surface area (TPSA) is 68.0 Å². The summed E-state index contributed by atoms with van der Waals surface area (Å²) in [6.07, 6.45) is 3.50. The van der Waals surface area contributed by atoms with Gasteiger partial charge in [0.05, 0.1) is 0 Å². The zero-order valence-corrected chi connectivity index (χ0v) is 10.7. The lowest BCUT2D eigenvalue weighted by molar-refractivity contribution is -0.114. The van der Waals surface area contributed by atoms with Crippen LogP contribution in [0.4, 0.5) is 5.69 Å². The van der Waals surface area contributed by atoms with E-state index in [9.17, 15) is 4.79 Å². The van der Waals surface area contributed by atoms with E-state index in [4.69, 9.17) is 4.52 Å². The van der Waals surface area contributed by atoms with Gasteiger partial charge in [-0.3, -0.25) is 4.79 Å². The van der Waals surface area contributed by atoms with Crippen LogP contribution in [0.25, 0.3) is 11.4 Å². The van der Waals surface area contributed by atoms with Gasteiger partial charge in [-0.2, -0.15) is 4.98 Å². The molecule has 0 bridgehead atoms. The van der Waals surface area contributed by atoms with E-state index in [0.717, 1.165) is 30.0 Å². The molecule has 0 aliphatic heterocycles. The van der Waals surface area contributed by atoms with Crippen molar-refractivity contribution in [2.75, 3.05) is 5.32 Å². The van der Waals surface area contributed by atoms with Gasteiger partial charge in [-0.25, -0.2) is 0 Å². The third-order valence-corrected chi connectivity index (χ3v) is 3.34. The third-order valence-electron chi connectivity index (χ3n) is 3.34. The molecule has 0 unspecified atom stereocenters. The van der Waals surface area contributed by atoms with Crippen molar-refractivity contribution in [1.29, 1.82) is 0 Å². The quantitative estimate of drug-likeness (QED) is 0.917. The van der Waals surface area contributed by atoms with Crippen LogP contribution in [0.5, 0.6) is 0 Å². The summed E-state index contributed by atoms with van der Waals surface area (Å²) in [5, 5.41) is 6.75. The second kappa shape index (κ2) is 4.84. The number of carbonyl (C=O) groups is 1. The normalized spacial score (nSPS) is 15.0. The molecule has 1 aliphatic rings. The summed E-state index contributed by atoms with van der Waals surface area (Å²) in [7, 11) is 0. The molecule has 0 atom stereocenters. The number of nitrogens with zero attached hydrogens (tertiary/aromatic N) is 2. The highest BCUT2D eigenvalue weighted by Gasteiger charge is 2.25. The Hall–Kier alpha value is -2.17. The fourth-order valence-corrected chi connectivity index (χ4v) is 2.11. The van der Waals surface area contributed by atoms with Gasteiger partial charge in [-0.05, 0) is 25.0 Å². The number of benzene rings is 1. The van der Waals surface area contributed by atoms with Crippen LogP contribution in [-0.4, -0.2) is 16.0 Å². The molecule has 1 heterocycles. The van der Waals surface area contributed by atoms with Crippen LogP contribution in [0.3, 0.4) is 0 Å². The standard InChI is InChI=1S/C14H15N3O2/c1-9(18)15-12-7-3-6-11(8-12)13-16-14(19-17-13)10-4-2-5-10/h3,6-8,10H,2,4-5H2,1H3,(H,15,18). The number of aromatic nitrogens is 2. The summed E-state index contributed by atoms with van der Waals surface area (Å²) in [6, 6.07) is 7.44. The summed E-state index contributed by atoms with van der Waals surface area (Å²) in [5.74, 6) is 1.64. The molecule has 1 N–H and O–H groups in total. The molecule has 1 amide bonds. The lowest BCUT2D eigenvalue weighted by Crippen LogP contribution is -2.08. The van der Waals surface area contributed by atoms with E-state index in [1.807, 2.05) is 24.3 Å². The molecule has 1 aromatic carbocycles. The zero-order valence-electron chi connectivity index (χ0n) is 10.7. The summed E-state index contributed by atoms with van der Waals surface area (Å²) in [5.41, 5.74) is 1.58. The Labute approximate surface area is 111 Å². The minimum Gasteiger partial charge on any atom is -0.339 e. The van der Waals surface area contributed by atoms with Crippen LogP contribution in [-0.2, 0) is 4.79 Å². The SMILES string of the molecule is CC(=O)Nc1cccc(-c2noc(C3CCC3)n2)c1. The number of hydrogen-bond acceptors (Lipinski definition) is 4. The highest BCUT2D eigenvalue weighted by molar-refractivity contribution is 5.89. The molecule has 5 heteroatoms. The fourth-order valence-electron chi connectivity index (χ4n) is 2.11. The number of anilines is 1. The molecule has 0 spiro atoms. The van der Waals surface area contributed by atoms with Gasteiger partial charge in [0.2, 0.25) is 17.6 Å². The van der Waals surface area contributed by atoms with Crippen LogP contribution < -0.4 is 5.32 Å². The van der Waals surface area contributed by atoms with Gasteiger partial charge in [-0.15, -0.1) is 0 Å². The van der Waals surface area contributed by atoms with E-state index in [0.29, 0.717) is 11.7 Å². The Balaban J connectivity index is 1.84. The third kappa shape index (κ3) is 2.50. The van der Waals surface area contributed by atoms with Gasteiger partial charge >= 0.3 is 0 Å². The second-order valence-corrected chi connectivity index (χ2v) is 4.85. The highest BCUT2D eigenvalue weighted by atomic mass is 16.5. The van der Waals surface area contributed by atoms with Crippen molar-refractivity contribution in [3.8, 4) is 11.4 Å². The van der Waals surface area contributed by atoms with Crippen molar-refractivity contribution < 1.29 is 9.32 Å². The largest absolute Gasteiger partial charge is 0.339 e. The zero-order chi connectivity index (χ0) is 13.2. The first kappa shape index (κ1) is 11.9. The van der Waals surface area contributed by atoms with Gasteiger partial charge in [0.1, 0.15) is 0 Å². The number of nitrogens with one attached hydrogen (secondary N) is 1. The number of rotatable bonds is 3. The average Bonchev–Trinajstić information content (AvgIpc) is 2.75. The maximum absolute atomic E-state index is 11.0. The minimum atomic E-state index is -0.0968. The molecule has 1 aliphatic carbocycles. The Kier molecular flexibility index (Phi) is 3.03. The molecule has 2 aromatic rings. The monoisotopic (exact) mass is 257 g/mol. The first-order valence-electron chi connectivity index (χ1n) is 6.44. The van der Waals surface area contributed by atoms with Crippen LogP contribution in [0, 0.1) is 0 Å². The van der Waals surface area contributed by atoms with Gasteiger partial charge < -0.3 is 9.84 Å². The van der Waals surface area contributed by atoms with Crippen LogP contribution in [0.2, 0.25) is 0 Å². The van der Waals surface area contributed by atoms with Crippen molar-refractivity contribution in [2.24, 2.45) is 0 Å². The van der Waals surface area contributed by atoms with E-state index >= 15 is 0 Å². The molecule has 3 rings (SSSR count). The summed E-state index contributed by atoms with van der Waals surface area (Å²) >= 11 is 0. The van der Waals surface area contributed by atoms with Crippen molar-refractivity contribution >= 4 is 11.6 Å². The molecular weight excluding hydrogens is 242 g/mol. The van der Waals surface area contributed by atoms with Crippen LogP contribution in [0.1, 0.15) is 38.0 Å². The van der Waals surface area contributed by atoms with Gasteiger partial charge in [0.25, 0.3) is 0 Å². The predicted molar refractivity (Wildman–Crippen MR) is 70.6 cm³/mol. The van der Waals surface area contributed by atoms with E-state index in [1.165, 1.54) is 13.3 Å².